The lowest BCUT2D eigenvalue weighted by atomic mass is 10.0. The summed E-state index contributed by atoms with van der Waals surface area (Å²) in [6.45, 7) is 5.25. The summed E-state index contributed by atoms with van der Waals surface area (Å²) in [5.41, 5.74) is 6.60. The lowest BCUT2D eigenvalue weighted by Crippen LogP contribution is -2.52. The quantitative estimate of drug-likeness (QED) is 0.236. The number of fused-ring (bicyclic) bond motifs is 2. The monoisotopic (exact) mass is 577 g/mol. The molecule has 0 bridgehead atoms. The number of amides is 3. The number of nitrogens with one attached hydrogen (secondary N) is 1. The third-order valence-corrected chi connectivity index (χ3v) is 8.82. The van der Waals surface area contributed by atoms with Crippen LogP contribution in [0.5, 0.6) is 0 Å². The molecule has 220 valence electrons. The topological polar surface area (TPSA) is 96.8 Å². The summed E-state index contributed by atoms with van der Waals surface area (Å²) in [6.07, 6.45) is 5.14. The number of carbonyl (C=O) groups is 3. The molecule has 9 heteroatoms. The highest BCUT2D eigenvalue weighted by Crippen LogP contribution is 2.33. The number of rotatable bonds is 9. The molecule has 0 saturated carbocycles. The summed E-state index contributed by atoms with van der Waals surface area (Å²) in [6, 6.07) is 19.7. The fourth-order valence-corrected chi connectivity index (χ4v) is 6.53. The first kappa shape index (κ1) is 27.5. The van der Waals surface area contributed by atoms with Crippen molar-refractivity contribution in [1.82, 2.24) is 24.7 Å². The number of ether oxygens (including phenoxy) is 1. The maximum Gasteiger partial charge on any atom is 0.255 e. The zero-order valence-electron chi connectivity index (χ0n) is 24.1. The van der Waals surface area contributed by atoms with Crippen molar-refractivity contribution in [2.24, 2.45) is 0 Å². The van der Waals surface area contributed by atoms with Gasteiger partial charge in [0.1, 0.15) is 11.7 Å². The molecule has 5 heterocycles. The molecule has 7 rings (SSSR count). The van der Waals surface area contributed by atoms with Crippen LogP contribution < -0.4 is 5.32 Å². The molecule has 9 nitrogen and oxygen atoms in total. The van der Waals surface area contributed by atoms with E-state index in [4.69, 9.17) is 9.72 Å². The normalized spacial score (nSPS) is 18.9. The minimum atomic E-state index is -0.630. The first-order valence-electron chi connectivity index (χ1n) is 15.1. The molecule has 0 aliphatic carbocycles. The Morgan fingerprint density at radius 1 is 0.977 bits per heavy atom. The number of benzene rings is 2. The number of likely N-dealkylation sites (tertiary alicyclic amines) is 1. The van der Waals surface area contributed by atoms with E-state index >= 15 is 0 Å². The molecule has 1 N–H and O–H groups in total. The van der Waals surface area contributed by atoms with E-state index in [-0.39, 0.29) is 18.2 Å². The van der Waals surface area contributed by atoms with Crippen molar-refractivity contribution in [3.63, 3.8) is 0 Å². The third-order valence-electron chi connectivity index (χ3n) is 8.82. The number of piperidine rings is 1. The Hall–Kier alpha value is -4.34. The minimum absolute atomic E-state index is 0.168. The van der Waals surface area contributed by atoms with E-state index in [0.717, 1.165) is 53.1 Å². The Labute approximate surface area is 250 Å². The molecule has 0 radical (unpaired) electrons. The third kappa shape index (κ3) is 5.58. The van der Waals surface area contributed by atoms with Gasteiger partial charge >= 0.3 is 0 Å². The predicted molar refractivity (Wildman–Crippen MR) is 162 cm³/mol. The van der Waals surface area contributed by atoms with Gasteiger partial charge in [0.15, 0.2) is 0 Å². The van der Waals surface area contributed by atoms with Crippen molar-refractivity contribution >= 4 is 28.8 Å². The Morgan fingerprint density at radius 3 is 2.63 bits per heavy atom. The number of aromatic nitrogens is 2. The lowest BCUT2D eigenvalue weighted by molar-refractivity contribution is -0.136. The molecule has 43 heavy (non-hydrogen) atoms. The van der Waals surface area contributed by atoms with E-state index < -0.39 is 11.9 Å². The fourth-order valence-electron chi connectivity index (χ4n) is 6.53. The van der Waals surface area contributed by atoms with Crippen LogP contribution in [0.4, 0.5) is 0 Å². The standard InChI is InChI=1S/C34H35N5O4/c40-31-11-10-30(33(41)36-31)39-21-25-18-24(8-9-28(25)34(39)42)29-19-26(20-37-13-4-5-14-37)27-12-15-38(32(27)35-29)16-17-43-22-23-6-2-1-3-7-23/h1-3,6-9,12,15,18-19,30H,4-5,10-11,13-14,16-17,20-22H2,(H,36,40,41). The summed E-state index contributed by atoms with van der Waals surface area (Å²) < 4.78 is 8.15. The number of imide groups is 1. The molecular weight excluding hydrogens is 542 g/mol. The van der Waals surface area contributed by atoms with Crippen molar-refractivity contribution in [1.29, 1.82) is 0 Å². The SMILES string of the molecule is O=C1CCC(N2Cc3cc(-c4cc(CN5CCCC5)c5ccn(CCOCc6ccccc6)c5n4)ccc3C2=O)C(=O)N1. The van der Waals surface area contributed by atoms with E-state index in [1.54, 1.807) is 4.90 Å². The van der Waals surface area contributed by atoms with Crippen LogP contribution in [0.15, 0.2) is 66.9 Å². The second kappa shape index (κ2) is 11.7. The van der Waals surface area contributed by atoms with Crippen LogP contribution in [-0.4, -0.2) is 62.8 Å². The Morgan fingerprint density at radius 2 is 1.81 bits per heavy atom. The molecular formula is C34H35N5O4. The molecule has 0 spiro atoms. The Bertz CT molecular complexity index is 1690. The van der Waals surface area contributed by atoms with E-state index in [1.165, 1.54) is 18.4 Å². The Kier molecular flexibility index (Phi) is 7.51. The zero-order valence-corrected chi connectivity index (χ0v) is 24.1. The van der Waals surface area contributed by atoms with Crippen molar-refractivity contribution in [2.75, 3.05) is 19.7 Å². The van der Waals surface area contributed by atoms with Crippen molar-refractivity contribution < 1.29 is 19.1 Å². The van der Waals surface area contributed by atoms with Crippen LogP contribution in [0.1, 0.15) is 52.7 Å². The zero-order chi connectivity index (χ0) is 29.3. The molecule has 2 fully saturated rings. The van der Waals surface area contributed by atoms with Crippen molar-refractivity contribution in [3.05, 3.63) is 89.1 Å². The summed E-state index contributed by atoms with van der Waals surface area (Å²) in [5, 5.41) is 3.53. The van der Waals surface area contributed by atoms with E-state index in [2.05, 4.69) is 45.2 Å². The molecule has 2 saturated heterocycles. The van der Waals surface area contributed by atoms with Gasteiger partial charge in [0.05, 0.1) is 18.9 Å². The lowest BCUT2D eigenvalue weighted by Gasteiger charge is -2.29. The molecule has 4 aromatic rings. The minimum Gasteiger partial charge on any atom is -0.375 e. The highest BCUT2D eigenvalue weighted by atomic mass is 16.5. The average molecular weight is 578 g/mol. The van der Waals surface area contributed by atoms with E-state index in [9.17, 15) is 14.4 Å². The van der Waals surface area contributed by atoms with Crippen molar-refractivity contribution in [2.45, 2.75) is 58.0 Å². The van der Waals surface area contributed by atoms with Gasteiger partial charge in [0.25, 0.3) is 5.91 Å². The summed E-state index contributed by atoms with van der Waals surface area (Å²) >= 11 is 0. The summed E-state index contributed by atoms with van der Waals surface area (Å²) in [5.74, 6) is -0.852. The number of carbonyl (C=O) groups excluding carboxylic acids is 3. The summed E-state index contributed by atoms with van der Waals surface area (Å²) in [4.78, 5) is 46.6. The van der Waals surface area contributed by atoms with E-state index in [1.807, 2.05) is 36.4 Å². The molecule has 3 aliphatic rings. The van der Waals surface area contributed by atoms with Gasteiger partial charge in [-0.05, 0) is 73.3 Å². The van der Waals surface area contributed by atoms with Crippen molar-refractivity contribution in [3.8, 4) is 11.3 Å². The van der Waals surface area contributed by atoms with Crippen LogP contribution in [0.3, 0.4) is 0 Å². The van der Waals surface area contributed by atoms with Crippen LogP contribution in [0.2, 0.25) is 0 Å². The Balaban J connectivity index is 1.16. The first-order chi connectivity index (χ1) is 21.0. The van der Waals surface area contributed by atoms with Gasteiger partial charge in [-0.1, -0.05) is 36.4 Å². The summed E-state index contributed by atoms with van der Waals surface area (Å²) in [7, 11) is 0. The van der Waals surface area contributed by atoms with Crippen LogP contribution >= 0.6 is 0 Å². The number of hydrogen-bond donors (Lipinski definition) is 1. The highest BCUT2D eigenvalue weighted by molar-refractivity contribution is 6.05. The molecule has 1 unspecified atom stereocenters. The first-order valence-corrected chi connectivity index (χ1v) is 15.1. The van der Waals surface area contributed by atoms with Crippen LogP contribution in [0.25, 0.3) is 22.3 Å². The van der Waals surface area contributed by atoms with Gasteiger partial charge in [-0.3, -0.25) is 24.6 Å². The fraction of sp³-hybridized carbons (Fsp3) is 0.353. The second-order valence-electron chi connectivity index (χ2n) is 11.7. The number of hydrogen-bond acceptors (Lipinski definition) is 6. The molecule has 1 atom stereocenters. The van der Waals surface area contributed by atoms with Gasteiger partial charge in [-0.15, -0.1) is 0 Å². The van der Waals surface area contributed by atoms with Gasteiger partial charge in [0.2, 0.25) is 11.8 Å². The molecule has 2 aromatic heterocycles. The molecule has 3 amide bonds. The smallest absolute Gasteiger partial charge is 0.255 e. The van der Waals surface area contributed by atoms with Gasteiger partial charge in [0, 0.05) is 48.8 Å². The highest BCUT2D eigenvalue weighted by Gasteiger charge is 2.39. The second-order valence-corrected chi connectivity index (χ2v) is 11.7. The van der Waals surface area contributed by atoms with Gasteiger partial charge < -0.3 is 14.2 Å². The predicted octanol–water partition coefficient (Wildman–Crippen LogP) is 4.28. The number of pyridine rings is 1. The maximum absolute atomic E-state index is 13.2. The number of nitrogens with zero attached hydrogens (tertiary/aromatic N) is 4. The van der Waals surface area contributed by atoms with Crippen LogP contribution in [0, 0.1) is 0 Å². The largest absolute Gasteiger partial charge is 0.375 e. The molecule has 3 aliphatic heterocycles. The van der Waals surface area contributed by atoms with Gasteiger partial charge in [-0.25, -0.2) is 4.98 Å². The van der Waals surface area contributed by atoms with Gasteiger partial charge in [-0.2, -0.15) is 0 Å². The van der Waals surface area contributed by atoms with Crippen LogP contribution in [-0.2, 0) is 40.6 Å². The molecule has 2 aromatic carbocycles. The van der Waals surface area contributed by atoms with E-state index in [0.29, 0.717) is 38.3 Å². The maximum atomic E-state index is 13.2. The average Bonchev–Trinajstić information content (AvgIpc) is 3.75.